The topological polar surface area (TPSA) is 0 Å². The van der Waals surface area contributed by atoms with E-state index in [0.29, 0.717) is 0 Å². The molecule has 2 rings (SSSR count). The summed E-state index contributed by atoms with van der Waals surface area (Å²) in [6.45, 7) is 9.57. The molecule has 0 spiro atoms. The predicted molar refractivity (Wildman–Crippen MR) is 66.8 cm³/mol. The fourth-order valence-corrected chi connectivity index (χ4v) is 3.94. The van der Waals surface area contributed by atoms with Gasteiger partial charge >= 0.3 is 0 Å². The average Bonchev–Trinajstić information content (AvgIpc) is 2.62. The molecule has 0 nitrogen and oxygen atoms in total. The Balaban J connectivity index is 2.33. The van der Waals surface area contributed by atoms with Crippen LogP contribution in [0.3, 0.4) is 0 Å². The van der Waals surface area contributed by atoms with Crippen molar-refractivity contribution in [1.29, 1.82) is 0 Å². The molecule has 0 saturated heterocycles. The van der Waals surface area contributed by atoms with Gasteiger partial charge < -0.3 is 0 Å². The van der Waals surface area contributed by atoms with Gasteiger partial charge in [-0.3, -0.25) is 0 Å². The molecule has 1 saturated carbocycles. The predicted octanol–water partition coefficient (Wildman–Crippen LogP) is 4.81. The molecule has 0 heteroatoms. The maximum absolute atomic E-state index is 2.40. The summed E-state index contributed by atoms with van der Waals surface area (Å²) in [6.07, 6.45) is 7.35. The van der Waals surface area contributed by atoms with Crippen molar-refractivity contribution in [3.63, 3.8) is 0 Å². The Morgan fingerprint density at radius 3 is 2.27 bits per heavy atom. The molecule has 86 valence electrons. The molecule has 2 unspecified atom stereocenters. The summed E-state index contributed by atoms with van der Waals surface area (Å²) in [6, 6.07) is 0. The van der Waals surface area contributed by atoms with Gasteiger partial charge in [-0.1, -0.05) is 45.3 Å². The number of hydrogen-bond donors (Lipinski definition) is 0. The minimum Gasteiger partial charge on any atom is -0.0679 e. The molecule has 2 aliphatic carbocycles. The van der Waals surface area contributed by atoms with Gasteiger partial charge in [-0.2, -0.15) is 0 Å². The van der Waals surface area contributed by atoms with Crippen LogP contribution < -0.4 is 0 Å². The molecule has 0 heterocycles. The third-order valence-electron chi connectivity index (χ3n) is 4.53. The van der Waals surface area contributed by atoms with Crippen LogP contribution in [0.2, 0.25) is 0 Å². The van der Waals surface area contributed by atoms with Crippen LogP contribution >= 0.6 is 0 Å². The van der Waals surface area contributed by atoms with Crippen LogP contribution in [0.1, 0.15) is 59.8 Å². The summed E-state index contributed by atoms with van der Waals surface area (Å²) < 4.78 is 0. The summed E-state index contributed by atoms with van der Waals surface area (Å²) in [7, 11) is 0. The molecule has 0 aromatic heterocycles. The molecule has 15 heavy (non-hydrogen) atoms. The fraction of sp³-hybridized carbons (Fsp3) is 0.867. The zero-order valence-corrected chi connectivity index (χ0v) is 10.8. The van der Waals surface area contributed by atoms with Gasteiger partial charge in [-0.25, -0.2) is 0 Å². The molecule has 1 fully saturated rings. The van der Waals surface area contributed by atoms with E-state index in [9.17, 15) is 0 Å². The highest BCUT2D eigenvalue weighted by atomic mass is 14.4. The van der Waals surface area contributed by atoms with Crippen LogP contribution in [-0.4, -0.2) is 0 Å². The molecule has 0 aliphatic heterocycles. The Bertz CT molecular complexity index is 257. The third-order valence-corrected chi connectivity index (χ3v) is 4.53. The van der Waals surface area contributed by atoms with E-state index in [1.54, 1.807) is 0 Å². The summed E-state index contributed by atoms with van der Waals surface area (Å²) >= 11 is 0. The largest absolute Gasteiger partial charge is 0.0679 e. The number of rotatable bonds is 2. The highest BCUT2D eigenvalue weighted by Crippen LogP contribution is 2.48. The Morgan fingerprint density at radius 1 is 0.933 bits per heavy atom. The second kappa shape index (κ2) is 4.31. The first-order valence-corrected chi connectivity index (χ1v) is 6.84. The summed E-state index contributed by atoms with van der Waals surface area (Å²) in [5.74, 6) is 3.58. The minimum absolute atomic E-state index is 0.781. The van der Waals surface area contributed by atoms with Crippen molar-refractivity contribution >= 4 is 0 Å². The van der Waals surface area contributed by atoms with Gasteiger partial charge in [0, 0.05) is 0 Å². The van der Waals surface area contributed by atoms with Crippen LogP contribution in [0, 0.1) is 23.7 Å². The molecule has 0 aromatic rings. The SMILES string of the molecule is CC(C)C1=C(C(C)C)C2CCCC2CC1. The quantitative estimate of drug-likeness (QED) is 0.569. The molecular formula is C15H26. The highest BCUT2D eigenvalue weighted by Gasteiger charge is 2.36. The van der Waals surface area contributed by atoms with Crippen LogP contribution in [0.15, 0.2) is 11.1 Å². The lowest BCUT2D eigenvalue weighted by Crippen LogP contribution is -2.23. The van der Waals surface area contributed by atoms with Crippen molar-refractivity contribution in [3.8, 4) is 0 Å². The summed E-state index contributed by atoms with van der Waals surface area (Å²) in [5.41, 5.74) is 3.67. The first kappa shape index (κ1) is 11.2. The van der Waals surface area contributed by atoms with E-state index in [2.05, 4.69) is 27.7 Å². The van der Waals surface area contributed by atoms with Crippen molar-refractivity contribution in [2.45, 2.75) is 59.8 Å². The van der Waals surface area contributed by atoms with Crippen molar-refractivity contribution in [3.05, 3.63) is 11.1 Å². The van der Waals surface area contributed by atoms with E-state index in [1.165, 1.54) is 32.1 Å². The maximum Gasteiger partial charge on any atom is -0.0169 e. The van der Waals surface area contributed by atoms with Gasteiger partial charge in [-0.15, -0.1) is 0 Å². The van der Waals surface area contributed by atoms with Crippen LogP contribution in [0.25, 0.3) is 0 Å². The Labute approximate surface area is 95.1 Å². The molecule has 0 amide bonds. The van der Waals surface area contributed by atoms with E-state index < -0.39 is 0 Å². The Morgan fingerprint density at radius 2 is 1.67 bits per heavy atom. The highest BCUT2D eigenvalue weighted by molar-refractivity contribution is 5.25. The Kier molecular flexibility index (Phi) is 3.23. The van der Waals surface area contributed by atoms with Crippen molar-refractivity contribution < 1.29 is 0 Å². The van der Waals surface area contributed by atoms with Crippen LogP contribution in [0.4, 0.5) is 0 Å². The van der Waals surface area contributed by atoms with E-state index in [0.717, 1.165) is 23.7 Å². The molecule has 0 aromatic carbocycles. The molecule has 0 bridgehead atoms. The number of allylic oxidation sites excluding steroid dienone is 2. The zero-order valence-electron chi connectivity index (χ0n) is 10.8. The standard InChI is InChI=1S/C15H26/c1-10(2)13-9-8-12-6-5-7-14(12)15(13)11(3)4/h10-12,14H,5-9H2,1-4H3. The maximum atomic E-state index is 2.40. The summed E-state index contributed by atoms with van der Waals surface area (Å²) in [4.78, 5) is 0. The average molecular weight is 206 g/mol. The number of hydrogen-bond acceptors (Lipinski definition) is 0. The van der Waals surface area contributed by atoms with Gasteiger partial charge in [0.25, 0.3) is 0 Å². The molecule has 0 radical (unpaired) electrons. The van der Waals surface area contributed by atoms with E-state index in [-0.39, 0.29) is 0 Å². The smallest absolute Gasteiger partial charge is 0.0169 e. The van der Waals surface area contributed by atoms with Gasteiger partial charge in [-0.05, 0) is 49.4 Å². The monoisotopic (exact) mass is 206 g/mol. The van der Waals surface area contributed by atoms with Crippen LogP contribution in [0.5, 0.6) is 0 Å². The van der Waals surface area contributed by atoms with Gasteiger partial charge in [0.05, 0.1) is 0 Å². The Hall–Kier alpha value is -0.260. The zero-order chi connectivity index (χ0) is 11.0. The van der Waals surface area contributed by atoms with E-state index >= 15 is 0 Å². The lowest BCUT2D eigenvalue weighted by atomic mass is 9.70. The lowest BCUT2D eigenvalue weighted by molar-refractivity contribution is 0.345. The minimum atomic E-state index is 0.781. The molecule has 2 atom stereocenters. The fourth-order valence-electron chi connectivity index (χ4n) is 3.94. The van der Waals surface area contributed by atoms with E-state index in [4.69, 9.17) is 0 Å². The first-order chi connectivity index (χ1) is 7.11. The van der Waals surface area contributed by atoms with E-state index in [1.807, 2.05) is 11.1 Å². The molecule has 0 N–H and O–H groups in total. The van der Waals surface area contributed by atoms with Crippen molar-refractivity contribution in [1.82, 2.24) is 0 Å². The first-order valence-electron chi connectivity index (χ1n) is 6.84. The second-order valence-electron chi connectivity index (χ2n) is 6.13. The second-order valence-corrected chi connectivity index (χ2v) is 6.13. The third kappa shape index (κ3) is 2.00. The lowest BCUT2D eigenvalue weighted by Gasteiger charge is -2.35. The van der Waals surface area contributed by atoms with Crippen molar-refractivity contribution in [2.24, 2.45) is 23.7 Å². The molecular weight excluding hydrogens is 180 g/mol. The normalized spacial score (nSPS) is 31.6. The molecule has 2 aliphatic rings. The number of fused-ring (bicyclic) bond motifs is 1. The van der Waals surface area contributed by atoms with Gasteiger partial charge in [0.15, 0.2) is 0 Å². The van der Waals surface area contributed by atoms with Gasteiger partial charge in [0.1, 0.15) is 0 Å². The van der Waals surface area contributed by atoms with Crippen LogP contribution in [-0.2, 0) is 0 Å². The van der Waals surface area contributed by atoms with Gasteiger partial charge in [0.2, 0.25) is 0 Å². The summed E-state index contributed by atoms with van der Waals surface area (Å²) in [5, 5.41) is 0. The van der Waals surface area contributed by atoms with Crippen molar-refractivity contribution in [2.75, 3.05) is 0 Å².